The third-order valence-corrected chi connectivity index (χ3v) is 3.69. The van der Waals surface area contributed by atoms with E-state index in [1.807, 2.05) is 0 Å². The molecular weight excluding hydrogens is 255 g/mol. The molecule has 1 aromatic heterocycles. The minimum Gasteiger partial charge on any atom is -0.488 e. The van der Waals surface area contributed by atoms with Gasteiger partial charge in [0, 0.05) is 5.39 Å². The second-order valence-corrected chi connectivity index (χ2v) is 6.54. The summed E-state index contributed by atoms with van der Waals surface area (Å²) >= 11 is 0. The van der Waals surface area contributed by atoms with Crippen molar-refractivity contribution < 1.29 is 9.13 Å². The van der Waals surface area contributed by atoms with Crippen LogP contribution in [0.15, 0.2) is 18.3 Å². The van der Waals surface area contributed by atoms with Gasteiger partial charge in [0.1, 0.15) is 5.52 Å². The third kappa shape index (κ3) is 2.47. The van der Waals surface area contributed by atoms with Crippen LogP contribution in [0.3, 0.4) is 0 Å². The number of benzene rings is 1. The van der Waals surface area contributed by atoms with Crippen molar-refractivity contribution in [3.63, 3.8) is 0 Å². The molecule has 1 fully saturated rings. The summed E-state index contributed by atoms with van der Waals surface area (Å²) in [5.74, 6) is 0.454. The lowest BCUT2D eigenvalue weighted by Crippen LogP contribution is -2.13. The van der Waals surface area contributed by atoms with Crippen LogP contribution in [-0.4, -0.2) is 16.8 Å². The molecule has 0 spiro atoms. The van der Waals surface area contributed by atoms with E-state index >= 15 is 0 Å². The third-order valence-electron chi connectivity index (χ3n) is 3.69. The summed E-state index contributed by atoms with van der Waals surface area (Å²) in [6, 6.07) is 3.23. The van der Waals surface area contributed by atoms with Gasteiger partial charge in [0.2, 0.25) is 0 Å². The lowest BCUT2D eigenvalue weighted by molar-refractivity contribution is 0.288. The maximum absolute atomic E-state index is 14.0. The Balaban J connectivity index is 2.10. The van der Waals surface area contributed by atoms with Crippen LogP contribution in [0.4, 0.5) is 4.39 Å². The van der Waals surface area contributed by atoms with Crippen LogP contribution in [0.1, 0.15) is 39.2 Å². The van der Waals surface area contributed by atoms with Crippen molar-refractivity contribution in [2.45, 2.75) is 39.0 Å². The second-order valence-electron chi connectivity index (χ2n) is 6.54. The zero-order chi connectivity index (χ0) is 14.3. The molecule has 1 aliphatic rings. The highest BCUT2D eigenvalue weighted by atomic mass is 19.1. The minimum atomic E-state index is -0.362. The van der Waals surface area contributed by atoms with E-state index in [4.69, 9.17) is 4.74 Å². The molecule has 20 heavy (non-hydrogen) atoms. The number of nitrogens with zero attached hydrogens (tertiary/aromatic N) is 2. The molecule has 0 amide bonds. The summed E-state index contributed by atoms with van der Waals surface area (Å²) in [6.45, 7) is 6.89. The van der Waals surface area contributed by atoms with E-state index in [0.717, 1.165) is 10.9 Å². The minimum absolute atomic E-state index is 0.0697. The average molecular weight is 274 g/mol. The highest BCUT2D eigenvalue weighted by molar-refractivity contribution is 5.87. The van der Waals surface area contributed by atoms with Gasteiger partial charge >= 0.3 is 0 Å². The Morgan fingerprint density at radius 2 is 2.05 bits per heavy atom. The second kappa shape index (κ2) is 4.69. The van der Waals surface area contributed by atoms with Gasteiger partial charge in [-0.25, -0.2) is 4.39 Å². The summed E-state index contributed by atoms with van der Waals surface area (Å²) in [5.41, 5.74) is 1.51. The summed E-state index contributed by atoms with van der Waals surface area (Å²) in [6.07, 6.45) is 4.10. The van der Waals surface area contributed by atoms with Gasteiger partial charge in [-0.3, -0.25) is 0 Å². The van der Waals surface area contributed by atoms with Crippen LogP contribution in [0.5, 0.6) is 5.75 Å². The average Bonchev–Trinajstić information content (AvgIpc) is 3.19. The standard InChI is InChI=1S/C16H19FN2O/c1-16(2,3)12-8-18-19-14-11(12)6-7-13(17)15(14)20-9-10-4-5-10/h6-8,10H,4-5,9H2,1-3H3. The van der Waals surface area contributed by atoms with Crippen LogP contribution >= 0.6 is 0 Å². The molecule has 1 saturated carbocycles. The van der Waals surface area contributed by atoms with Crippen LogP contribution in [0.2, 0.25) is 0 Å². The van der Waals surface area contributed by atoms with E-state index in [2.05, 4.69) is 31.0 Å². The summed E-state index contributed by atoms with van der Waals surface area (Å²) in [5, 5.41) is 9.04. The molecule has 2 aromatic rings. The van der Waals surface area contributed by atoms with E-state index in [0.29, 0.717) is 18.0 Å². The molecule has 0 saturated heterocycles. The molecule has 0 unspecified atom stereocenters. The van der Waals surface area contributed by atoms with Crippen LogP contribution < -0.4 is 4.74 Å². The first-order valence-corrected chi connectivity index (χ1v) is 7.04. The van der Waals surface area contributed by atoms with E-state index in [1.54, 1.807) is 12.3 Å². The SMILES string of the molecule is CC(C)(C)c1cnnc2c(OCC3CC3)c(F)ccc12. The van der Waals surface area contributed by atoms with Gasteiger partial charge in [-0.2, -0.15) is 5.10 Å². The molecule has 1 aromatic carbocycles. The Kier molecular flexibility index (Phi) is 3.11. The molecule has 106 valence electrons. The Labute approximate surface area is 118 Å². The van der Waals surface area contributed by atoms with E-state index in [9.17, 15) is 4.39 Å². The van der Waals surface area contributed by atoms with E-state index in [-0.39, 0.29) is 17.0 Å². The van der Waals surface area contributed by atoms with Gasteiger partial charge in [-0.15, -0.1) is 5.10 Å². The van der Waals surface area contributed by atoms with Gasteiger partial charge in [0.15, 0.2) is 11.6 Å². The van der Waals surface area contributed by atoms with E-state index in [1.165, 1.54) is 18.9 Å². The zero-order valence-corrected chi connectivity index (χ0v) is 12.1. The number of ether oxygens (including phenoxy) is 1. The monoisotopic (exact) mass is 274 g/mol. The number of halogens is 1. The molecule has 1 aliphatic carbocycles. The first-order chi connectivity index (χ1) is 9.47. The van der Waals surface area contributed by atoms with Crippen molar-refractivity contribution in [1.82, 2.24) is 10.2 Å². The Morgan fingerprint density at radius 1 is 1.30 bits per heavy atom. The van der Waals surface area contributed by atoms with Crippen molar-refractivity contribution in [1.29, 1.82) is 0 Å². The van der Waals surface area contributed by atoms with Crippen LogP contribution in [0, 0.1) is 11.7 Å². The smallest absolute Gasteiger partial charge is 0.183 e. The first-order valence-electron chi connectivity index (χ1n) is 7.04. The normalized spacial score (nSPS) is 15.6. The maximum Gasteiger partial charge on any atom is 0.183 e. The van der Waals surface area contributed by atoms with Crippen LogP contribution in [-0.2, 0) is 5.41 Å². The van der Waals surface area contributed by atoms with Gasteiger partial charge in [-0.05, 0) is 41.9 Å². The number of fused-ring (bicyclic) bond motifs is 1. The molecule has 3 rings (SSSR count). The Bertz CT molecular complexity index is 645. The number of rotatable bonds is 3. The topological polar surface area (TPSA) is 35.0 Å². The van der Waals surface area contributed by atoms with Crippen molar-refractivity contribution in [3.8, 4) is 5.75 Å². The predicted molar refractivity (Wildman–Crippen MR) is 76.4 cm³/mol. The largest absolute Gasteiger partial charge is 0.488 e. The van der Waals surface area contributed by atoms with Gasteiger partial charge in [0.05, 0.1) is 12.8 Å². The van der Waals surface area contributed by atoms with Gasteiger partial charge in [0.25, 0.3) is 0 Å². The molecule has 0 aliphatic heterocycles. The lowest BCUT2D eigenvalue weighted by Gasteiger charge is -2.21. The van der Waals surface area contributed by atoms with Crippen LogP contribution in [0.25, 0.3) is 10.9 Å². The highest BCUT2D eigenvalue weighted by Crippen LogP contribution is 2.35. The van der Waals surface area contributed by atoms with Gasteiger partial charge in [-0.1, -0.05) is 20.8 Å². The Morgan fingerprint density at radius 3 is 2.70 bits per heavy atom. The quantitative estimate of drug-likeness (QED) is 0.852. The molecule has 1 heterocycles. The fourth-order valence-electron chi connectivity index (χ4n) is 2.30. The molecule has 4 heteroatoms. The molecule has 0 atom stereocenters. The summed E-state index contributed by atoms with van der Waals surface area (Å²) in [4.78, 5) is 0. The van der Waals surface area contributed by atoms with Gasteiger partial charge < -0.3 is 4.74 Å². The number of aromatic nitrogens is 2. The van der Waals surface area contributed by atoms with Crippen molar-refractivity contribution in [2.75, 3.05) is 6.61 Å². The predicted octanol–water partition coefficient (Wildman–Crippen LogP) is 3.86. The fourth-order valence-corrected chi connectivity index (χ4v) is 2.30. The fraction of sp³-hybridized carbons (Fsp3) is 0.500. The number of hydrogen-bond donors (Lipinski definition) is 0. The van der Waals surface area contributed by atoms with Crippen molar-refractivity contribution in [3.05, 3.63) is 29.7 Å². The molecule has 0 bridgehead atoms. The Hall–Kier alpha value is -1.71. The molecule has 0 radical (unpaired) electrons. The van der Waals surface area contributed by atoms with Crippen molar-refractivity contribution in [2.24, 2.45) is 5.92 Å². The van der Waals surface area contributed by atoms with E-state index < -0.39 is 0 Å². The molecule has 3 nitrogen and oxygen atoms in total. The van der Waals surface area contributed by atoms with Crippen molar-refractivity contribution >= 4 is 10.9 Å². The molecular formula is C16H19FN2O. The maximum atomic E-state index is 14.0. The lowest BCUT2D eigenvalue weighted by atomic mass is 9.86. The first kappa shape index (κ1) is 13.3. The summed E-state index contributed by atoms with van der Waals surface area (Å²) < 4.78 is 19.7. The molecule has 0 N–H and O–H groups in total. The highest BCUT2D eigenvalue weighted by Gasteiger charge is 2.25. The zero-order valence-electron chi connectivity index (χ0n) is 12.1. The number of hydrogen-bond acceptors (Lipinski definition) is 3. The summed E-state index contributed by atoms with van der Waals surface area (Å²) in [7, 11) is 0.